The maximum Gasteiger partial charge on any atom is 0.243 e. The van der Waals surface area contributed by atoms with E-state index in [1.54, 1.807) is 48.4 Å². The minimum Gasteiger partial charge on any atom is -0.497 e. The molecule has 1 atom stereocenters. The van der Waals surface area contributed by atoms with Crippen LogP contribution in [-0.4, -0.2) is 51.3 Å². The molecule has 2 aromatic carbocycles. The summed E-state index contributed by atoms with van der Waals surface area (Å²) in [5, 5.41) is 2.78. The topological polar surface area (TPSA) is 96.0 Å². The van der Waals surface area contributed by atoms with Crippen LogP contribution in [0.15, 0.2) is 53.4 Å². The van der Waals surface area contributed by atoms with Gasteiger partial charge in [-0.1, -0.05) is 12.1 Å². The van der Waals surface area contributed by atoms with Crippen molar-refractivity contribution in [3.8, 4) is 5.75 Å². The van der Waals surface area contributed by atoms with Crippen LogP contribution in [0.4, 0.5) is 11.4 Å². The van der Waals surface area contributed by atoms with Crippen LogP contribution < -0.4 is 15.0 Å². The van der Waals surface area contributed by atoms with E-state index in [2.05, 4.69) is 5.32 Å². The SMILES string of the molecule is COc1cccc(N2C[C@H](C(=O)Nc3cccc(S(=O)(=O)N4CCCC4)c3)CC2=O)c1. The van der Waals surface area contributed by atoms with Gasteiger partial charge in [0.25, 0.3) is 0 Å². The van der Waals surface area contributed by atoms with E-state index in [-0.39, 0.29) is 29.7 Å². The van der Waals surface area contributed by atoms with E-state index in [1.165, 1.54) is 16.4 Å². The Morgan fingerprint density at radius 2 is 1.84 bits per heavy atom. The molecule has 0 radical (unpaired) electrons. The molecule has 0 bridgehead atoms. The second-order valence-corrected chi connectivity index (χ2v) is 9.67. The molecule has 2 aliphatic heterocycles. The van der Waals surface area contributed by atoms with Crippen molar-refractivity contribution in [2.24, 2.45) is 5.92 Å². The Labute approximate surface area is 181 Å². The molecular weight excluding hydrogens is 418 g/mol. The highest BCUT2D eigenvalue weighted by Crippen LogP contribution is 2.29. The van der Waals surface area contributed by atoms with Crippen LogP contribution in [0, 0.1) is 5.92 Å². The number of nitrogens with zero attached hydrogens (tertiary/aromatic N) is 2. The lowest BCUT2D eigenvalue weighted by molar-refractivity contribution is -0.122. The number of rotatable bonds is 6. The van der Waals surface area contributed by atoms with Crippen LogP contribution in [0.5, 0.6) is 5.75 Å². The lowest BCUT2D eigenvalue weighted by Crippen LogP contribution is -2.29. The summed E-state index contributed by atoms with van der Waals surface area (Å²) >= 11 is 0. The van der Waals surface area contributed by atoms with Gasteiger partial charge in [-0.15, -0.1) is 0 Å². The number of sulfonamides is 1. The monoisotopic (exact) mass is 443 g/mol. The molecule has 1 N–H and O–H groups in total. The summed E-state index contributed by atoms with van der Waals surface area (Å²) in [5.74, 6) is -0.347. The van der Waals surface area contributed by atoms with Crippen LogP contribution in [-0.2, 0) is 19.6 Å². The summed E-state index contributed by atoms with van der Waals surface area (Å²) in [6.45, 7) is 1.29. The highest BCUT2D eigenvalue weighted by atomic mass is 32.2. The van der Waals surface area contributed by atoms with Gasteiger partial charge >= 0.3 is 0 Å². The number of anilines is 2. The van der Waals surface area contributed by atoms with E-state index in [9.17, 15) is 18.0 Å². The maximum absolute atomic E-state index is 12.8. The van der Waals surface area contributed by atoms with Gasteiger partial charge in [0, 0.05) is 43.5 Å². The second-order valence-electron chi connectivity index (χ2n) is 7.74. The number of ether oxygens (including phenoxy) is 1. The third-order valence-electron chi connectivity index (χ3n) is 5.67. The normalized spacial score (nSPS) is 19.6. The molecule has 0 aliphatic carbocycles. The fourth-order valence-corrected chi connectivity index (χ4v) is 5.53. The number of carbonyl (C=O) groups is 2. The Morgan fingerprint density at radius 1 is 1.10 bits per heavy atom. The Balaban J connectivity index is 1.46. The Bertz CT molecular complexity index is 1100. The van der Waals surface area contributed by atoms with E-state index >= 15 is 0 Å². The van der Waals surface area contributed by atoms with Crippen molar-refractivity contribution < 1.29 is 22.7 Å². The minimum atomic E-state index is -3.57. The molecular formula is C22H25N3O5S. The van der Waals surface area contributed by atoms with Crippen molar-refractivity contribution in [2.45, 2.75) is 24.2 Å². The molecule has 8 nitrogen and oxygen atoms in total. The zero-order valence-electron chi connectivity index (χ0n) is 17.3. The van der Waals surface area contributed by atoms with Crippen LogP contribution in [0.1, 0.15) is 19.3 Å². The average Bonchev–Trinajstić information content (AvgIpc) is 3.44. The molecule has 9 heteroatoms. The van der Waals surface area contributed by atoms with Gasteiger partial charge in [-0.05, 0) is 43.2 Å². The predicted molar refractivity (Wildman–Crippen MR) is 117 cm³/mol. The van der Waals surface area contributed by atoms with Crippen molar-refractivity contribution in [3.63, 3.8) is 0 Å². The number of benzene rings is 2. The summed E-state index contributed by atoms with van der Waals surface area (Å²) in [7, 11) is -2.01. The molecule has 31 heavy (non-hydrogen) atoms. The lowest BCUT2D eigenvalue weighted by atomic mass is 10.1. The Morgan fingerprint density at radius 3 is 2.58 bits per heavy atom. The summed E-state index contributed by atoms with van der Waals surface area (Å²) < 4.78 is 32.2. The smallest absolute Gasteiger partial charge is 0.243 e. The van der Waals surface area contributed by atoms with E-state index in [1.807, 2.05) is 0 Å². The predicted octanol–water partition coefficient (Wildman–Crippen LogP) is 2.47. The highest BCUT2D eigenvalue weighted by Gasteiger charge is 2.35. The second kappa shape index (κ2) is 8.68. The lowest BCUT2D eigenvalue weighted by Gasteiger charge is -2.18. The van der Waals surface area contributed by atoms with Crippen LogP contribution in [0.3, 0.4) is 0 Å². The van der Waals surface area contributed by atoms with Gasteiger partial charge in [0.2, 0.25) is 21.8 Å². The molecule has 0 saturated carbocycles. The molecule has 0 aromatic heterocycles. The van der Waals surface area contributed by atoms with Gasteiger partial charge in [-0.25, -0.2) is 8.42 Å². The first kappa shape index (κ1) is 21.3. The maximum atomic E-state index is 12.8. The molecule has 0 spiro atoms. The first-order valence-corrected chi connectivity index (χ1v) is 11.7. The molecule has 0 unspecified atom stereocenters. The van der Waals surface area contributed by atoms with Gasteiger partial charge in [0.05, 0.1) is 17.9 Å². The van der Waals surface area contributed by atoms with Crippen LogP contribution in [0.2, 0.25) is 0 Å². The first-order chi connectivity index (χ1) is 14.9. The summed E-state index contributed by atoms with van der Waals surface area (Å²) in [4.78, 5) is 27.0. The Kier molecular flexibility index (Phi) is 5.97. The molecule has 2 aliphatic rings. The highest BCUT2D eigenvalue weighted by molar-refractivity contribution is 7.89. The first-order valence-electron chi connectivity index (χ1n) is 10.2. The van der Waals surface area contributed by atoms with E-state index in [4.69, 9.17) is 4.74 Å². The number of hydrogen-bond donors (Lipinski definition) is 1. The van der Waals surface area contributed by atoms with Gasteiger partial charge in [0.1, 0.15) is 5.75 Å². The van der Waals surface area contributed by atoms with E-state index in [0.717, 1.165) is 12.8 Å². The third kappa shape index (κ3) is 4.42. The zero-order valence-corrected chi connectivity index (χ0v) is 18.1. The third-order valence-corrected chi connectivity index (χ3v) is 7.56. The van der Waals surface area contributed by atoms with Crippen LogP contribution >= 0.6 is 0 Å². The standard InChI is InChI=1S/C22H25N3O5S/c1-30-19-8-5-7-18(14-19)25-15-16(12-21(25)26)22(27)23-17-6-4-9-20(13-17)31(28,29)24-10-2-3-11-24/h4-9,13-14,16H,2-3,10-12,15H2,1H3,(H,23,27)/t16-/m1/s1. The van der Waals surface area contributed by atoms with Crippen molar-refractivity contribution in [1.82, 2.24) is 4.31 Å². The summed E-state index contributed by atoms with van der Waals surface area (Å²) in [6, 6.07) is 13.4. The van der Waals surface area contributed by atoms with Crippen molar-refractivity contribution in [2.75, 3.05) is 37.0 Å². The van der Waals surface area contributed by atoms with Crippen molar-refractivity contribution >= 4 is 33.2 Å². The van der Waals surface area contributed by atoms with E-state index in [0.29, 0.717) is 30.2 Å². The number of nitrogens with one attached hydrogen (secondary N) is 1. The van der Waals surface area contributed by atoms with Gasteiger partial charge < -0.3 is 15.0 Å². The quantitative estimate of drug-likeness (QED) is 0.740. The number of hydrogen-bond acceptors (Lipinski definition) is 5. The average molecular weight is 444 g/mol. The summed E-state index contributed by atoms with van der Waals surface area (Å²) in [6.07, 6.45) is 1.80. The number of carbonyl (C=O) groups excluding carboxylic acids is 2. The van der Waals surface area contributed by atoms with Gasteiger partial charge in [0.15, 0.2) is 0 Å². The zero-order chi connectivity index (χ0) is 22.0. The fourth-order valence-electron chi connectivity index (χ4n) is 3.97. The molecule has 4 rings (SSSR count). The fraction of sp³-hybridized carbons (Fsp3) is 0.364. The Hall–Kier alpha value is -2.91. The van der Waals surface area contributed by atoms with Crippen LogP contribution in [0.25, 0.3) is 0 Å². The molecule has 2 amide bonds. The molecule has 2 saturated heterocycles. The largest absolute Gasteiger partial charge is 0.497 e. The number of amides is 2. The minimum absolute atomic E-state index is 0.0921. The van der Waals surface area contributed by atoms with Gasteiger partial charge in [-0.2, -0.15) is 4.31 Å². The van der Waals surface area contributed by atoms with Crippen molar-refractivity contribution in [3.05, 3.63) is 48.5 Å². The molecule has 2 heterocycles. The molecule has 2 fully saturated rings. The van der Waals surface area contributed by atoms with E-state index < -0.39 is 15.9 Å². The number of methoxy groups -OCH3 is 1. The van der Waals surface area contributed by atoms with Crippen molar-refractivity contribution in [1.29, 1.82) is 0 Å². The summed E-state index contributed by atoms with van der Waals surface area (Å²) in [5.41, 5.74) is 1.08. The molecule has 164 valence electrons. The van der Waals surface area contributed by atoms with Gasteiger partial charge in [-0.3, -0.25) is 9.59 Å². The molecule has 2 aromatic rings.